The van der Waals surface area contributed by atoms with E-state index < -0.39 is 44.6 Å². The Labute approximate surface area is 161 Å². The third-order valence-electron chi connectivity index (χ3n) is 4.25. The minimum Gasteiger partial charge on any atom is -0.289 e. The van der Waals surface area contributed by atoms with Gasteiger partial charge in [0.05, 0.1) is 11.8 Å². The summed E-state index contributed by atoms with van der Waals surface area (Å²) in [5.74, 6) is 0. The molecule has 0 radical (unpaired) electrons. The summed E-state index contributed by atoms with van der Waals surface area (Å²) in [5, 5.41) is -0.503. The Morgan fingerprint density at radius 1 is 1.00 bits per heavy atom. The maximum absolute atomic E-state index is 13.7. The molecule has 5 nitrogen and oxygen atoms in total. The van der Waals surface area contributed by atoms with E-state index in [9.17, 15) is 34.8 Å². The molecule has 0 saturated carbocycles. The van der Waals surface area contributed by atoms with Crippen LogP contribution in [-0.4, -0.2) is 35.3 Å². The number of pyridine rings is 1. The van der Waals surface area contributed by atoms with Crippen LogP contribution in [0.4, 0.5) is 26.3 Å². The number of aromatic nitrogens is 2. The highest BCUT2D eigenvalue weighted by Gasteiger charge is 2.48. The molecular weight excluding hydrogens is 424 g/mol. The first-order valence-corrected chi connectivity index (χ1v) is 9.41. The highest BCUT2D eigenvalue weighted by molar-refractivity contribution is 7.89. The van der Waals surface area contributed by atoms with Crippen LogP contribution in [0.3, 0.4) is 0 Å². The lowest BCUT2D eigenvalue weighted by Crippen LogP contribution is -2.40. The third kappa shape index (κ3) is 3.94. The Kier molecular flexibility index (Phi) is 5.11. The molecule has 0 spiro atoms. The van der Waals surface area contributed by atoms with Gasteiger partial charge in [-0.3, -0.25) is 4.40 Å². The fourth-order valence-corrected chi connectivity index (χ4v) is 4.25. The van der Waals surface area contributed by atoms with E-state index in [1.54, 1.807) is 6.07 Å². The van der Waals surface area contributed by atoms with Crippen LogP contribution in [0.2, 0.25) is 0 Å². The van der Waals surface area contributed by atoms with Crippen LogP contribution in [0.5, 0.6) is 0 Å². The lowest BCUT2D eigenvalue weighted by Gasteiger charge is -2.29. The highest BCUT2D eigenvalue weighted by Crippen LogP contribution is 2.40. The summed E-state index contributed by atoms with van der Waals surface area (Å²) in [6.07, 6.45) is -7.58. The number of nitrogens with zero attached hydrogens (tertiary/aromatic N) is 3. The van der Waals surface area contributed by atoms with Gasteiger partial charge in [0.25, 0.3) is 10.0 Å². The third-order valence-corrected chi connectivity index (χ3v) is 6.05. The van der Waals surface area contributed by atoms with Crippen LogP contribution in [0.25, 0.3) is 5.65 Å². The summed E-state index contributed by atoms with van der Waals surface area (Å²) in [7, 11) is -3.98. The highest BCUT2D eigenvalue weighted by atomic mass is 32.2. The molecule has 1 aromatic carbocycles. The molecule has 156 valence electrons. The van der Waals surface area contributed by atoms with Gasteiger partial charge in [-0.05, 0) is 29.8 Å². The van der Waals surface area contributed by atoms with Crippen LogP contribution in [0.1, 0.15) is 17.2 Å². The number of halogens is 6. The summed E-state index contributed by atoms with van der Waals surface area (Å²) >= 11 is 0. The Bertz CT molecular complexity index is 1120. The summed E-state index contributed by atoms with van der Waals surface area (Å²) in [4.78, 5) is 3.85. The van der Waals surface area contributed by atoms with Gasteiger partial charge in [-0.15, -0.1) is 0 Å². The van der Waals surface area contributed by atoms with Crippen molar-refractivity contribution in [2.45, 2.75) is 23.4 Å². The quantitative estimate of drug-likeness (QED) is 0.573. The molecule has 0 aliphatic carbocycles. The molecule has 2 heterocycles. The molecule has 1 unspecified atom stereocenters. The van der Waals surface area contributed by atoms with E-state index in [1.165, 1.54) is 18.3 Å². The Morgan fingerprint density at radius 3 is 2.17 bits per heavy atom. The first-order valence-electron chi connectivity index (χ1n) is 7.97. The van der Waals surface area contributed by atoms with Gasteiger partial charge in [0.15, 0.2) is 5.03 Å². The van der Waals surface area contributed by atoms with Crippen molar-refractivity contribution in [2.75, 3.05) is 7.05 Å². The zero-order valence-electron chi connectivity index (χ0n) is 14.6. The second-order valence-electron chi connectivity index (χ2n) is 6.11. The minimum absolute atomic E-state index is 0.0754. The van der Waals surface area contributed by atoms with Crippen LogP contribution < -0.4 is 0 Å². The van der Waals surface area contributed by atoms with Gasteiger partial charge in [-0.1, -0.05) is 18.2 Å². The van der Waals surface area contributed by atoms with Crippen molar-refractivity contribution in [3.63, 3.8) is 0 Å². The number of rotatable bonds is 4. The molecular formula is C17H13F6N3O2S. The van der Waals surface area contributed by atoms with Gasteiger partial charge in [-0.2, -0.15) is 30.6 Å². The van der Waals surface area contributed by atoms with Crippen molar-refractivity contribution < 1.29 is 34.8 Å². The van der Waals surface area contributed by atoms with Gasteiger partial charge >= 0.3 is 12.4 Å². The van der Waals surface area contributed by atoms with Gasteiger partial charge in [0.2, 0.25) is 0 Å². The van der Waals surface area contributed by atoms with Crippen molar-refractivity contribution in [1.29, 1.82) is 0 Å². The number of alkyl halides is 6. The van der Waals surface area contributed by atoms with Crippen LogP contribution >= 0.6 is 0 Å². The molecule has 0 bridgehead atoms. The summed E-state index contributed by atoms with van der Waals surface area (Å²) in [6.45, 7) is 0. The average Bonchev–Trinajstić information content (AvgIpc) is 3.05. The molecule has 0 saturated heterocycles. The van der Waals surface area contributed by atoms with Crippen molar-refractivity contribution in [3.8, 4) is 0 Å². The smallest absolute Gasteiger partial charge is 0.289 e. The normalized spacial score (nSPS) is 14.5. The molecule has 1 atom stereocenters. The average molecular weight is 437 g/mol. The zero-order valence-corrected chi connectivity index (χ0v) is 15.4. The largest absolute Gasteiger partial charge is 0.416 e. The molecule has 29 heavy (non-hydrogen) atoms. The molecule has 0 N–H and O–H groups in total. The van der Waals surface area contributed by atoms with Crippen molar-refractivity contribution in [2.24, 2.45) is 0 Å². The number of sulfonamides is 1. The second kappa shape index (κ2) is 7.02. The molecule has 0 aliphatic rings. The Morgan fingerprint density at radius 2 is 1.62 bits per heavy atom. The van der Waals surface area contributed by atoms with E-state index in [1.807, 2.05) is 0 Å². The number of hydrogen-bond acceptors (Lipinski definition) is 3. The summed E-state index contributed by atoms with van der Waals surface area (Å²) < 4.78 is 106. The predicted molar refractivity (Wildman–Crippen MR) is 90.4 cm³/mol. The first kappa shape index (κ1) is 21.1. The first-order chi connectivity index (χ1) is 13.3. The molecule has 12 heteroatoms. The SMILES string of the molecule is CN(C(c1ccc(C(F)(F)F)cc1)C(F)(F)F)S(=O)(=O)c1cnc2ccccn12. The standard InChI is InChI=1S/C17H13F6N3O2S/c1-25(29(27,28)14-10-24-13-4-2-3-9-26(13)14)15(17(21,22)23)11-5-7-12(8-6-11)16(18,19)20/h2-10,15H,1H3. The molecule has 0 amide bonds. The van der Waals surface area contributed by atoms with E-state index in [4.69, 9.17) is 0 Å². The van der Waals surface area contributed by atoms with Crippen molar-refractivity contribution >= 4 is 15.7 Å². The van der Waals surface area contributed by atoms with E-state index in [0.29, 0.717) is 31.3 Å². The summed E-state index contributed by atoms with van der Waals surface area (Å²) in [5.41, 5.74) is -1.59. The van der Waals surface area contributed by atoms with E-state index in [0.717, 1.165) is 10.6 Å². The maximum Gasteiger partial charge on any atom is 0.416 e. The second-order valence-corrected chi connectivity index (χ2v) is 8.05. The van der Waals surface area contributed by atoms with Crippen LogP contribution in [0.15, 0.2) is 59.9 Å². The fourth-order valence-electron chi connectivity index (χ4n) is 2.85. The minimum atomic E-state index is -5.08. The number of hydrogen-bond donors (Lipinski definition) is 0. The van der Waals surface area contributed by atoms with Gasteiger partial charge in [0.1, 0.15) is 11.7 Å². The predicted octanol–water partition coefficient (Wildman–Crippen LogP) is 4.28. The van der Waals surface area contributed by atoms with Crippen molar-refractivity contribution in [1.82, 2.24) is 13.7 Å². The molecule has 2 aromatic heterocycles. The maximum atomic E-state index is 13.7. The van der Waals surface area contributed by atoms with Crippen molar-refractivity contribution in [3.05, 3.63) is 66.0 Å². The zero-order chi connectivity index (χ0) is 21.6. The number of fused-ring (bicyclic) bond motifs is 1. The van der Waals surface area contributed by atoms with Crippen LogP contribution in [0, 0.1) is 0 Å². The Balaban J connectivity index is 2.07. The van der Waals surface area contributed by atoms with E-state index >= 15 is 0 Å². The van der Waals surface area contributed by atoms with E-state index in [-0.39, 0.29) is 9.95 Å². The Hall–Kier alpha value is -2.60. The topological polar surface area (TPSA) is 54.7 Å². The van der Waals surface area contributed by atoms with Gasteiger partial charge < -0.3 is 0 Å². The van der Waals surface area contributed by atoms with Crippen LogP contribution in [-0.2, 0) is 16.2 Å². The fraction of sp³-hybridized carbons (Fsp3) is 0.235. The molecule has 3 aromatic rings. The summed E-state index contributed by atoms with van der Waals surface area (Å²) in [6, 6.07) is 4.00. The lowest BCUT2D eigenvalue weighted by molar-refractivity contribution is -0.171. The monoisotopic (exact) mass is 437 g/mol. The molecule has 3 rings (SSSR count). The van der Waals surface area contributed by atoms with Gasteiger partial charge in [-0.25, -0.2) is 13.4 Å². The lowest BCUT2D eigenvalue weighted by atomic mass is 10.0. The molecule has 0 aliphatic heterocycles. The van der Waals surface area contributed by atoms with E-state index in [2.05, 4.69) is 4.98 Å². The molecule has 0 fully saturated rings. The number of benzene rings is 1. The number of imidazole rings is 1. The van der Waals surface area contributed by atoms with Gasteiger partial charge in [0, 0.05) is 13.2 Å².